The number of nitrogens with zero attached hydrogens (tertiary/aromatic N) is 4. The van der Waals surface area contributed by atoms with E-state index in [-0.39, 0.29) is 12.5 Å². The highest BCUT2D eigenvalue weighted by Crippen LogP contribution is 2.13. The molecule has 1 unspecified atom stereocenters. The largest absolute Gasteiger partial charge is 0.434 e. The Hall–Kier alpha value is -1.50. The van der Waals surface area contributed by atoms with Crippen LogP contribution in [0.15, 0.2) is 12.4 Å². The van der Waals surface area contributed by atoms with Crippen molar-refractivity contribution in [3.8, 4) is 0 Å². The maximum Gasteiger partial charge on any atom is 0.434 e. The van der Waals surface area contributed by atoms with Gasteiger partial charge < -0.3 is 15.0 Å². The molecule has 1 saturated heterocycles. The molecule has 1 atom stereocenters. The molecule has 1 fully saturated rings. The molecule has 0 radical (unpaired) electrons. The van der Waals surface area contributed by atoms with Crippen LogP contribution >= 0.6 is 0 Å². The molecule has 18 heavy (non-hydrogen) atoms. The third-order valence-electron chi connectivity index (χ3n) is 3.16. The first-order valence-corrected chi connectivity index (χ1v) is 6.19. The first-order chi connectivity index (χ1) is 8.66. The third kappa shape index (κ3) is 3.25. The van der Waals surface area contributed by atoms with Gasteiger partial charge >= 0.3 is 5.95 Å². The summed E-state index contributed by atoms with van der Waals surface area (Å²) in [7, 11) is 0. The fraction of sp³-hybridized carbons (Fsp3) is 0.727. The first kappa shape index (κ1) is 12.9. The SMILES string of the molecule is O=[N+]([O-])c1nccn1CC([18F])CN1CCCCC1. The van der Waals surface area contributed by atoms with Crippen LogP contribution in [0.4, 0.5) is 10.3 Å². The maximum absolute atomic E-state index is 13.9. The molecule has 0 N–H and O–H groups in total. The van der Waals surface area contributed by atoms with Crippen LogP contribution in [0.5, 0.6) is 0 Å². The smallest absolute Gasteiger partial charge is 0.390 e. The minimum absolute atomic E-state index is 0.00713. The molecule has 0 aromatic carbocycles. The highest BCUT2D eigenvalue weighted by molar-refractivity contribution is 5.06. The van der Waals surface area contributed by atoms with Crippen LogP contribution in [0.2, 0.25) is 0 Å². The number of imidazole rings is 1. The topological polar surface area (TPSA) is 64.2 Å². The average Bonchev–Trinajstić information content (AvgIpc) is 2.78. The maximum atomic E-state index is 13.9. The summed E-state index contributed by atoms with van der Waals surface area (Å²) in [5.74, 6) is -0.295. The Morgan fingerprint density at radius 3 is 2.78 bits per heavy atom. The second kappa shape index (κ2) is 5.90. The predicted octanol–water partition coefficient (Wildman–Crippen LogP) is 1.62. The number of alkyl halides is 1. The standard InChI is InChI=1S/C11H17FN4O2/c12-10(8-14-5-2-1-3-6-14)9-15-7-4-13-11(15)16(17)18/h4,7,10H,1-3,5-6,8-9H2/i12-1. The molecule has 0 bridgehead atoms. The van der Waals surface area contributed by atoms with E-state index in [0.717, 1.165) is 25.9 Å². The molecule has 2 heterocycles. The second-order valence-electron chi connectivity index (χ2n) is 4.60. The molecular weight excluding hydrogens is 238 g/mol. The number of aromatic nitrogens is 2. The van der Waals surface area contributed by atoms with Crippen molar-refractivity contribution in [3.05, 3.63) is 22.5 Å². The molecule has 1 aliphatic heterocycles. The number of nitro groups is 1. The number of hydrogen-bond acceptors (Lipinski definition) is 4. The summed E-state index contributed by atoms with van der Waals surface area (Å²) in [5.41, 5.74) is 0. The molecule has 100 valence electrons. The van der Waals surface area contributed by atoms with Crippen LogP contribution in [-0.2, 0) is 6.54 Å². The molecule has 6 nitrogen and oxygen atoms in total. The van der Waals surface area contributed by atoms with E-state index in [1.165, 1.54) is 23.4 Å². The fourth-order valence-corrected chi connectivity index (χ4v) is 2.31. The van der Waals surface area contributed by atoms with Gasteiger partial charge in [0.05, 0.1) is 0 Å². The summed E-state index contributed by atoms with van der Waals surface area (Å²) in [4.78, 5) is 15.7. The van der Waals surface area contributed by atoms with Gasteiger partial charge in [0.15, 0.2) is 0 Å². The van der Waals surface area contributed by atoms with Crippen molar-refractivity contribution in [2.45, 2.75) is 32.0 Å². The van der Waals surface area contributed by atoms with Crippen LogP contribution in [-0.4, -0.2) is 45.2 Å². The van der Waals surface area contributed by atoms with Gasteiger partial charge in [0.2, 0.25) is 0 Å². The van der Waals surface area contributed by atoms with Gasteiger partial charge in [-0.3, -0.25) is 0 Å². The Labute approximate surface area is 105 Å². The van der Waals surface area contributed by atoms with Gasteiger partial charge in [0, 0.05) is 6.54 Å². The minimum Gasteiger partial charge on any atom is -0.390 e. The normalized spacial score (nSPS) is 18.7. The Kier molecular flexibility index (Phi) is 4.24. The lowest BCUT2D eigenvalue weighted by Gasteiger charge is -2.27. The van der Waals surface area contributed by atoms with Crippen molar-refractivity contribution >= 4 is 5.95 Å². The van der Waals surface area contributed by atoms with Crippen LogP contribution in [0.1, 0.15) is 19.3 Å². The van der Waals surface area contributed by atoms with E-state index in [4.69, 9.17) is 0 Å². The van der Waals surface area contributed by atoms with E-state index in [1.54, 1.807) is 0 Å². The molecule has 0 amide bonds. The molecular formula is C11H17FN4O2. The number of halogens is 1. The Morgan fingerprint density at radius 2 is 2.11 bits per heavy atom. The van der Waals surface area contributed by atoms with Crippen molar-refractivity contribution in [3.63, 3.8) is 0 Å². The third-order valence-corrected chi connectivity index (χ3v) is 3.16. The Balaban J connectivity index is 1.88. The summed E-state index contributed by atoms with van der Waals surface area (Å²) in [6.45, 7) is 2.18. The van der Waals surface area contributed by atoms with Gasteiger partial charge in [-0.25, -0.2) is 8.96 Å². The summed E-state index contributed by atoms with van der Waals surface area (Å²) in [6.07, 6.45) is 5.10. The molecule has 7 heteroatoms. The number of likely N-dealkylation sites (tertiary alicyclic amines) is 1. The van der Waals surface area contributed by atoms with Gasteiger partial charge in [-0.15, -0.1) is 0 Å². The van der Waals surface area contributed by atoms with E-state index in [1.807, 2.05) is 0 Å². The van der Waals surface area contributed by atoms with Crippen LogP contribution in [0, 0.1) is 10.1 Å². The zero-order valence-electron chi connectivity index (χ0n) is 10.2. The predicted molar refractivity (Wildman–Crippen MR) is 64.1 cm³/mol. The summed E-state index contributed by atoms with van der Waals surface area (Å²) in [6, 6.07) is 0. The summed E-state index contributed by atoms with van der Waals surface area (Å²) < 4.78 is 15.1. The van der Waals surface area contributed by atoms with E-state index in [0.29, 0.717) is 6.54 Å². The molecule has 1 aromatic rings. The van der Waals surface area contributed by atoms with Crippen molar-refractivity contribution in [2.24, 2.45) is 0 Å². The molecule has 2 rings (SSSR count). The van der Waals surface area contributed by atoms with Gasteiger partial charge in [0.1, 0.15) is 25.1 Å². The van der Waals surface area contributed by atoms with Gasteiger partial charge in [-0.05, 0) is 30.9 Å². The molecule has 1 aromatic heterocycles. The monoisotopic (exact) mass is 255 g/mol. The zero-order chi connectivity index (χ0) is 13.0. The average molecular weight is 255 g/mol. The Bertz CT molecular complexity index is 404. The second-order valence-corrected chi connectivity index (χ2v) is 4.60. The van der Waals surface area contributed by atoms with Crippen molar-refractivity contribution in [1.29, 1.82) is 0 Å². The number of rotatable bonds is 5. The van der Waals surface area contributed by atoms with Crippen LogP contribution in [0.3, 0.4) is 0 Å². The van der Waals surface area contributed by atoms with Crippen LogP contribution in [0.25, 0.3) is 0 Å². The van der Waals surface area contributed by atoms with Gasteiger partial charge in [-0.1, -0.05) is 11.4 Å². The number of hydrogen-bond donors (Lipinski definition) is 0. The van der Waals surface area contributed by atoms with Gasteiger partial charge in [0.25, 0.3) is 0 Å². The molecule has 1 aliphatic rings. The van der Waals surface area contributed by atoms with Crippen molar-refractivity contribution < 1.29 is 9.31 Å². The Morgan fingerprint density at radius 1 is 1.39 bits per heavy atom. The highest BCUT2D eigenvalue weighted by atomic mass is 18.2. The highest BCUT2D eigenvalue weighted by Gasteiger charge is 2.21. The lowest BCUT2D eigenvalue weighted by Crippen LogP contribution is -2.36. The fourth-order valence-electron chi connectivity index (χ4n) is 2.31. The minimum atomic E-state index is -1.10. The van der Waals surface area contributed by atoms with Crippen molar-refractivity contribution in [1.82, 2.24) is 14.5 Å². The molecule has 0 spiro atoms. The lowest BCUT2D eigenvalue weighted by atomic mass is 10.1. The zero-order valence-corrected chi connectivity index (χ0v) is 10.2. The number of piperidine rings is 1. The van der Waals surface area contributed by atoms with E-state index in [9.17, 15) is 14.5 Å². The van der Waals surface area contributed by atoms with Crippen molar-refractivity contribution in [2.75, 3.05) is 19.6 Å². The molecule has 0 saturated carbocycles. The van der Waals surface area contributed by atoms with E-state index in [2.05, 4.69) is 9.88 Å². The molecule has 0 aliphatic carbocycles. The van der Waals surface area contributed by atoms with E-state index >= 15 is 0 Å². The summed E-state index contributed by atoms with van der Waals surface area (Å²) in [5, 5.41) is 10.6. The lowest BCUT2D eigenvalue weighted by molar-refractivity contribution is -0.396. The van der Waals surface area contributed by atoms with Gasteiger partial charge in [-0.2, -0.15) is 0 Å². The van der Waals surface area contributed by atoms with E-state index < -0.39 is 11.1 Å². The quantitative estimate of drug-likeness (QED) is 0.592. The summed E-state index contributed by atoms with van der Waals surface area (Å²) >= 11 is 0. The first-order valence-electron chi connectivity index (χ1n) is 6.19. The van der Waals surface area contributed by atoms with Crippen LogP contribution < -0.4 is 0 Å².